The van der Waals surface area contributed by atoms with E-state index in [-0.39, 0.29) is 0 Å². The first-order chi connectivity index (χ1) is 19.8. The Labute approximate surface area is 232 Å². The van der Waals surface area contributed by atoms with Crippen LogP contribution in [0.5, 0.6) is 0 Å². The number of hydrogen-bond donors (Lipinski definition) is 0. The lowest BCUT2D eigenvalue weighted by atomic mass is 9.95. The first-order valence-corrected chi connectivity index (χ1v) is 13.4. The van der Waals surface area contributed by atoms with E-state index in [0.717, 1.165) is 39.2 Å². The first kappa shape index (κ1) is 22.6. The number of aromatic nitrogens is 3. The maximum Gasteiger partial charge on any atom is 0.160 e. The third-order valence-electron chi connectivity index (χ3n) is 7.75. The van der Waals surface area contributed by atoms with E-state index in [4.69, 9.17) is 9.97 Å². The van der Waals surface area contributed by atoms with Gasteiger partial charge >= 0.3 is 0 Å². The van der Waals surface area contributed by atoms with Crippen molar-refractivity contribution in [3.63, 3.8) is 0 Å². The molecule has 2 heterocycles. The lowest BCUT2D eigenvalue weighted by molar-refractivity contribution is 1.18. The summed E-state index contributed by atoms with van der Waals surface area (Å²) in [5.41, 5.74) is 12.4. The number of pyridine rings is 1. The maximum absolute atomic E-state index is 5.14. The summed E-state index contributed by atoms with van der Waals surface area (Å²) in [4.78, 5) is 14.4. The first-order valence-electron chi connectivity index (χ1n) is 13.4. The van der Waals surface area contributed by atoms with Gasteiger partial charge in [0.05, 0.1) is 11.4 Å². The van der Waals surface area contributed by atoms with E-state index < -0.39 is 0 Å². The Morgan fingerprint density at radius 1 is 0.375 bits per heavy atom. The van der Waals surface area contributed by atoms with Crippen molar-refractivity contribution in [3.05, 3.63) is 140 Å². The Balaban J connectivity index is 1.35. The number of nitrogens with zero attached hydrogens (tertiary/aromatic N) is 3. The molecule has 0 aliphatic heterocycles. The van der Waals surface area contributed by atoms with Crippen LogP contribution in [0.25, 0.3) is 78.1 Å². The lowest BCUT2D eigenvalue weighted by Gasteiger charge is -2.13. The molecule has 1 aliphatic rings. The van der Waals surface area contributed by atoms with Gasteiger partial charge in [0, 0.05) is 29.1 Å². The molecular formula is C37H23N3. The van der Waals surface area contributed by atoms with Crippen molar-refractivity contribution in [2.24, 2.45) is 0 Å². The predicted octanol–water partition coefficient (Wildman–Crippen LogP) is 9.34. The maximum atomic E-state index is 5.14. The van der Waals surface area contributed by atoms with Crippen LogP contribution >= 0.6 is 0 Å². The van der Waals surface area contributed by atoms with Crippen LogP contribution in [0, 0.1) is 0 Å². The van der Waals surface area contributed by atoms with Crippen LogP contribution in [0.3, 0.4) is 0 Å². The third-order valence-corrected chi connectivity index (χ3v) is 7.75. The van der Waals surface area contributed by atoms with Crippen LogP contribution in [-0.4, -0.2) is 15.0 Å². The van der Waals surface area contributed by atoms with Crippen molar-refractivity contribution >= 4 is 10.8 Å². The monoisotopic (exact) mass is 509 g/mol. The molecule has 1 aliphatic carbocycles. The van der Waals surface area contributed by atoms with E-state index in [2.05, 4.69) is 102 Å². The molecule has 7 aromatic rings. The highest BCUT2D eigenvalue weighted by molar-refractivity contribution is 6.18. The fraction of sp³-hybridized carbons (Fsp3) is 0. The molecule has 2 aromatic heterocycles. The molecule has 0 amide bonds. The average Bonchev–Trinajstić information content (AvgIpc) is 3.37. The van der Waals surface area contributed by atoms with E-state index in [0.29, 0.717) is 5.82 Å². The predicted molar refractivity (Wildman–Crippen MR) is 164 cm³/mol. The molecule has 0 N–H and O–H groups in total. The van der Waals surface area contributed by atoms with Gasteiger partial charge in [-0.15, -0.1) is 0 Å². The zero-order chi connectivity index (χ0) is 26.5. The largest absolute Gasteiger partial charge is 0.265 e. The van der Waals surface area contributed by atoms with E-state index in [1.54, 1.807) is 0 Å². The molecule has 0 saturated carbocycles. The molecule has 0 saturated heterocycles. The summed E-state index contributed by atoms with van der Waals surface area (Å²) in [6, 6.07) is 44.7. The van der Waals surface area contributed by atoms with Crippen LogP contribution in [0.1, 0.15) is 0 Å². The van der Waals surface area contributed by atoms with Crippen molar-refractivity contribution in [1.82, 2.24) is 15.0 Å². The summed E-state index contributed by atoms with van der Waals surface area (Å²) < 4.78 is 0. The Morgan fingerprint density at radius 3 is 1.82 bits per heavy atom. The molecule has 0 fully saturated rings. The normalized spacial score (nSPS) is 11.5. The molecule has 0 bridgehead atoms. The Hall–Kier alpha value is -5.41. The number of rotatable bonds is 4. The minimum atomic E-state index is 0.717. The quantitative estimate of drug-likeness (QED) is 0.237. The number of fused-ring (bicyclic) bond motifs is 3. The second-order valence-electron chi connectivity index (χ2n) is 10.1. The summed E-state index contributed by atoms with van der Waals surface area (Å²) >= 11 is 0. The van der Waals surface area contributed by atoms with E-state index in [1.807, 2.05) is 42.7 Å². The molecule has 0 atom stereocenters. The van der Waals surface area contributed by atoms with Crippen LogP contribution in [0.2, 0.25) is 0 Å². The van der Waals surface area contributed by atoms with E-state index in [9.17, 15) is 0 Å². The van der Waals surface area contributed by atoms with E-state index in [1.165, 1.54) is 33.0 Å². The van der Waals surface area contributed by atoms with Crippen LogP contribution < -0.4 is 0 Å². The fourth-order valence-corrected chi connectivity index (χ4v) is 5.88. The SMILES string of the molecule is c1ccc(-c2nc(-c3cccc(-c4ccncc4)c3)cc(-c3ccc4c5c(cccc35)-c3ccccc3-4)n2)cc1. The Morgan fingerprint density at radius 2 is 1.00 bits per heavy atom. The summed E-state index contributed by atoms with van der Waals surface area (Å²) in [5, 5.41) is 2.50. The van der Waals surface area contributed by atoms with Gasteiger partial charge in [-0.3, -0.25) is 4.98 Å². The molecule has 3 heteroatoms. The third kappa shape index (κ3) is 3.63. The molecule has 0 spiro atoms. The smallest absolute Gasteiger partial charge is 0.160 e. The Kier molecular flexibility index (Phi) is 5.14. The lowest BCUT2D eigenvalue weighted by Crippen LogP contribution is -1.96. The highest BCUT2D eigenvalue weighted by Gasteiger charge is 2.23. The molecule has 0 radical (unpaired) electrons. The summed E-state index contributed by atoms with van der Waals surface area (Å²) in [6.07, 6.45) is 3.65. The minimum Gasteiger partial charge on any atom is -0.265 e. The highest BCUT2D eigenvalue weighted by atomic mass is 14.9. The van der Waals surface area contributed by atoms with Crippen molar-refractivity contribution < 1.29 is 0 Å². The van der Waals surface area contributed by atoms with Gasteiger partial charge in [-0.05, 0) is 68.4 Å². The van der Waals surface area contributed by atoms with Gasteiger partial charge in [0.2, 0.25) is 0 Å². The number of hydrogen-bond acceptors (Lipinski definition) is 3. The summed E-state index contributed by atoms with van der Waals surface area (Å²) in [5.74, 6) is 0.717. The van der Waals surface area contributed by atoms with Crippen molar-refractivity contribution in [3.8, 4) is 67.3 Å². The molecule has 3 nitrogen and oxygen atoms in total. The van der Waals surface area contributed by atoms with Gasteiger partial charge in [-0.25, -0.2) is 9.97 Å². The van der Waals surface area contributed by atoms with Gasteiger partial charge < -0.3 is 0 Å². The highest BCUT2D eigenvalue weighted by Crippen LogP contribution is 2.49. The van der Waals surface area contributed by atoms with Crippen molar-refractivity contribution in [2.45, 2.75) is 0 Å². The second-order valence-corrected chi connectivity index (χ2v) is 10.1. The van der Waals surface area contributed by atoms with Gasteiger partial charge in [0.25, 0.3) is 0 Å². The molecular weight excluding hydrogens is 486 g/mol. The van der Waals surface area contributed by atoms with Crippen molar-refractivity contribution in [1.29, 1.82) is 0 Å². The molecule has 8 rings (SSSR count). The Bertz CT molecular complexity index is 2020. The second kappa shape index (κ2) is 9.11. The van der Waals surface area contributed by atoms with Gasteiger partial charge in [0.15, 0.2) is 5.82 Å². The zero-order valence-corrected chi connectivity index (χ0v) is 21.6. The van der Waals surface area contributed by atoms with Gasteiger partial charge in [0.1, 0.15) is 0 Å². The van der Waals surface area contributed by atoms with E-state index >= 15 is 0 Å². The standard InChI is InChI=1S/C37H23N3/c1-2-8-25(9-3-1)37-39-34(27-11-6-10-26(22-27)24-18-20-38-21-19-24)23-35(40-37)30-16-17-33-29-13-5-4-12-28(29)31-14-7-15-32(30)36(31)33/h1-23H. The van der Waals surface area contributed by atoms with Crippen molar-refractivity contribution in [2.75, 3.05) is 0 Å². The molecule has 40 heavy (non-hydrogen) atoms. The zero-order valence-electron chi connectivity index (χ0n) is 21.6. The fourth-order valence-electron chi connectivity index (χ4n) is 5.88. The van der Waals surface area contributed by atoms with Crippen LogP contribution in [0.15, 0.2) is 140 Å². The molecule has 186 valence electrons. The molecule has 5 aromatic carbocycles. The summed E-state index contributed by atoms with van der Waals surface area (Å²) in [6.45, 7) is 0. The topological polar surface area (TPSA) is 38.7 Å². The van der Waals surface area contributed by atoms with Crippen LogP contribution in [0.4, 0.5) is 0 Å². The van der Waals surface area contributed by atoms with Gasteiger partial charge in [-0.2, -0.15) is 0 Å². The van der Waals surface area contributed by atoms with Gasteiger partial charge in [-0.1, -0.05) is 103 Å². The summed E-state index contributed by atoms with van der Waals surface area (Å²) in [7, 11) is 0. The molecule has 0 unspecified atom stereocenters. The minimum absolute atomic E-state index is 0.717. The van der Waals surface area contributed by atoms with Crippen LogP contribution in [-0.2, 0) is 0 Å². The average molecular weight is 510 g/mol. The number of benzene rings is 5.